The smallest absolute Gasteiger partial charge is 0.341 e. The summed E-state index contributed by atoms with van der Waals surface area (Å²) in [5, 5.41) is 8.64. The summed E-state index contributed by atoms with van der Waals surface area (Å²) in [5.74, 6) is -0.382. The number of likely N-dealkylation sites (tertiary alicyclic amines) is 1. The van der Waals surface area contributed by atoms with Crippen LogP contribution in [-0.4, -0.2) is 61.1 Å². The van der Waals surface area contributed by atoms with E-state index in [1.807, 2.05) is 24.3 Å². The molecular weight excluding hydrogens is 322 g/mol. The Morgan fingerprint density at radius 2 is 2.04 bits per heavy atom. The lowest BCUT2D eigenvalue weighted by molar-refractivity contribution is -0.186. The van der Waals surface area contributed by atoms with Crippen LogP contribution in [0.1, 0.15) is 31.2 Å². The summed E-state index contributed by atoms with van der Waals surface area (Å²) in [7, 11) is 1.79. The zero-order valence-electron chi connectivity index (χ0n) is 14.8. The Hall–Kier alpha value is -1.63. The van der Waals surface area contributed by atoms with E-state index in [9.17, 15) is 4.79 Å². The van der Waals surface area contributed by atoms with Gasteiger partial charge in [0.1, 0.15) is 5.75 Å². The van der Waals surface area contributed by atoms with Crippen molar-refractivity contribution in [2.24, 2.45) is 0 Å². The van der Waals surface area contributed by atoms with Gasteiger partial charge in [0.05, 0.1) is 11.7 Å². The monoisotopic (exact) mass is 349 g/mol. The fraction of sp³-hybridized carbons (Fsp3) is 0.632. The van der Waals surface area contributed by atoms with E-state index in [1.54, 1.807) is 7.11 Å². The first-order chi connectivity index (χ1) is 12.1. The molecule has 1 aromatic rings. The molecule has 138 valence electrons. The van der Waals surface area contributed by atoms with Crippen LogP contribution in [0.15, 0.2) is 24.3 Å². The molecule has 2 aliphatic rings. The molecule has 6 heteroatoms. The van der Waals surface area contributed by atoms with Crippen LogP contribution in [0, 0.1) is 0 Å². The van der Waals surface area contributed by atoms with Crippen LogP contribution in [0.4, 0.5) is 0 Å². The Labute approximate surface area is 148 Å². The van der Waals surface area contributed by atoms with Crippen molar-refractivity contribution in [1.82, 2.24) is 4.90 Å². The molecule has 25 heavy (non-hydrogen) atoms. The molecule has 2 saturated heterocycles. The van der Waals surface area contributed by atoms with E-state index in [0.29, 0.717) is 5.75 Å². The molecule has 3 rings (SSSR count). The summed E-state index contributed by atoms with van der Waals surface area (Å²) in [6, 6.07) is 7.65. The van der Waals surface area contributed by atoms with Crippen LogP contribution < -0.4 is 4.74 Å². The molecule has 2 heterocycles. The summed E-state index contributed by atoms with van der Waals surface area (Å²) in [6.45, 7) is 3.41. The van der Waals surface area contributed by atoms with Gasteiger partial charge in [-0.3, -0.25) is 4.90 Å². The lowest BCUT2D eigenvalue weighted by Gasteiger charge is -2.48. The highest BCUT2D eigenvalue weighted by atomic mass is 16.5. The molecule has 0 amide bonds. The van der Waals surface area contributed by atoms with Gasteiger partial charge in [0.15, 0.2) is 6.61 Å². The van der Waals surface area contributed by atoms with E-state index in [4.69, 9.17) is 19.3 Å². The summed E-state index contributed by atoms with van der Waals surface area (Å²) in [4.78, 5) is 13.0. The van der Waals surface area contributed by atoms with E-state index in [1.165, 1.54) is 5.56 Å². The topological polar surface area (TPSA) is 68.2 Å². The van der Waals surface area contributed by atoms with Gasteiger partial charge in [-0.05, 0) is 43.4 Å². The SMILES string of the molecule is CO[C@H]1CCCOC12CCN(Cc1ccc(OCC(=O)O)cc1)CC2. The predicted molar refractivity (Wildman–Crippen MR) is 92.8 cm³/mol. The second kappa shape index (κ2) is 8.17. The van der Waals surface area contributed by atoms with E-state index in [0.717, 1.165) is 51.9 Å². The largest absolute Gasteiger partial charge is 0.482 e. The minimum absolute atomic E-state index is 0.0992. The van der Waals surface area contributed by atoms with Crippen molar-refractivity contribution in [2.75, 3.05) is 33.4 Å². The maximum absolute atomic E-state index is 10.5. The van der Waals surface area contributed by atoms with E-state index < -0.39 is 5.97 Å². The molecule has 0 aromatic heterocycles. The number of piperidine rings is 1. The Balaban J connectivity index is 1.51. The van der Waals surface area contributed by atoms with Crippen LogP contribution in [0.3, 0.4) is 0 Å². The maximum Gasteiger partial charge on any atom is 0.341 e. The van der Waals surface area contributed by atoms with Crippen LogP contribution in [0.25, 0.3) is 0 Å². The first kappa shape index (κ1) is 18.2. The minimum Gasteiger partial charge on any atom is -0.482 e. The Bertz CT molecular complexity index is 566. The molecule has 0 bridgehead atoms. The zero-order valence-corrected chi connectivity index (χ0v) is 14.8. The number of rotatable bonds is 6. The number of methoxy groups -OCH3 is 1. The Morgan fingerprint density at radius 3 is 2.68 bits per heavy atom. The first-order valence-corrected chi connectivity index (χ1v) is 8.94. The minimum atomic E-state index is -0.967. The van der Waals surface area contributed by atoms with Crippen molar-refractivity contribution >= 4 is 5.97 Å². The molecule has 0 aliphatic carbocycles. The van der Waals surface area contributed by atoms with Gasteiger partial charge in [0, 0.05) is 33.4 Å². The molecule has 6 nitrogen and oxygen atoms in total. The van der Waals surface area contributed by atoms with Crippen molar-refractivity contribution in [3.8, 4) is 5.75 Å². The van der Waals surface area contributed by atoms with Gasteiger partial charge >= 0.3 is 5.97 Å². The molecule has 2 aliphatic heterocycles. The average Bonchev–Trinajstić information content (AvgIpc) is 2.63. The van der Waals surface area contributed by atoms with Gasteiger partial charge < -0.3 is 19.3 Å². The average molecular weight is 349 g/mol. The number of carboxylic acids is 1. The number of nitrogens with zero attached hydrogens (tertiary/aromatic N) is 1. The third-order valence-corrected chi connectivity index (χ3v) is 5.27. The highest BCUT2D eigenvalue weighted by molar-refractivity contribution is 5.68. The van der Waals surface area contributed by atoms with Crippen molar-refractivity contribution in [3.63, 3.8) is 0 Å². The second-order valence-corrected chi connectivity index (χ2v) is 6.88. The van der Waals surface area contributed by atoms with Crippen molar-refractivity contribution in [1.29, 1.82) is 0 Å². The summed E-state index contributed by atoms with van der Waals surface area (Å²) in [5.41, 5.74) is 1.10. The number of hydrogen-bond acceptors (Lipinski definition) is 5. The molecule has 0 saturated carbocycles. The highest BCUT2D eigenvalue weighted by Crippen LogP contribution is 2.37. The number of aliphatic carboxylic acids is 1. The molecule has 1 aromatic carbocycles. The summed E-state index contributed by atoms with van der Waals surface area (Å²) in [6.07, 6.45) is 4.40. The zero-order chi connectivity index (χ0) is 17.7. The summed E-state index contributed by atoms with van der Waals surface area (Å²) >= 11 is 0. The van der Waals surface area contributed by atoms with Gasteiger partial charge in [-0.25, -0.2) is 4.79 Å². The summed E-state index contributed by atoms with van der Waals surface area (Å²) < 4.78 is 17.0. The van der Waals surface area contributed by atoms with Gasteiger partial charge in [-0.2, -0.15) is 0 Å². The number of hydrogen-bond donors (Lipinski definition) is 1. The van der Waals surface area contributed by atoms with E-state index in [2.05, 4.69) is 4.90 Å². The second-order valence-electron chi connectivity index (χ2n) is 6.88. The van der Waals surface area contributed by atoms with Gasteiger partial charge in [0.25, 0.3) is 0 Å². The van der Waals surface area contributed by atoms with E-state index >= 15 is 0 Å². The number of ether oxygens (including phenoxy) is 3. The number of carbonyl (C=O) groups is 1. The third kappa shape index (κ3) is 4.51. The fourth-order valence-electron chi connectivity index (χ4n) is 3.88. The first-order valence-electron chi connectivity index (χ1n) is 8.94. The van der Waals surface area contributed by atoms with Crippen molar-refractivity contribution in [2.45, 2.75) is 43.9 Å². The highest BCUT2D eigenvalue weighted by Gasteiger charge is 2.44. The maximum atomic E-state index is 10.5. The molecule has 1 spiro atoms. The van der Waals surface area contributed by atoms with Gasteiger partial charge in [0.2, 0.25) is 0 Å². The standard InChI is InChI=1S/C19H27NO5/c1-23-17-3-2-12-25-19(17)8-10-20(11-9-19)13-15-4-6-16(7-5-15)24-14-18(21)22/h4-7,17H,2-3,8-14H2,1H3,(H,21,22)/t17-/m0/s1. The molecule has 1 N–H and O–H groups in total. The molecular formula is C19H27NO5. The molecule has 0 radical (unpaired) electrons. The van der Waals surface area contributed by atoms with Crippen molar-refractivity contribution in [3.05, 3.63) is 29.8 Å². The Kier molecular flexibility index (Phi) is 5.93. The van der Waals surface area contributed by atoms with Crippen LogP contribution in [0.5, 0.6) is 5.75 Å². The lowest BCUT2D eigenvalue weighted by atomic mass is 9.82. The van der Waals surface area contributed by atoms with Gasteiger partial charge in [-0.15, -0.1) is 0 Å². The fourth-order valence-corrected chi connectivity index (χ4v) is 3.88. The van der Waals surface area contributed by atoms with Crippen LogP contribution >= 0.6 is 0 Å². The van der Waals surface area contributed by atoms with E-state index in [-0.39, 0.29) is 18.3 Å². The number of benzene rings is 1. The Morgan fingerprint density at radius 1 is 1.32 bits per heavy atom. The molecule has 0 unspecified atom stereocenters. The van der Waals surface area contributed by atoms with Gasteiger partial charge in [-0.1, -0.05) is 12.1 Å². The predicted octanol–water partition coefficient (Wildman–Crippen LogP) is 2.31. The normalized spacial score (nSPS) is 23.5. The van der Waals surface area contributed by atoms with Crippen molar-refractivity contribution < 1.29 is 24.1 Å². The third-order valence-electron chi connectivity index (χ3n) is 5.27. The lowest BCUT2D eigenvalue weighted by Crippen LogP contribution is -2.55. The molecule has 2 fully saturated rings. The quantitative estimate of drug-likeness (QED) is 0.850. The van der Waals surface area contributed by atoms with Crippen LogP contribution in [-0.2, 0) is 20.8 Å². The number of carboxylic acid groups (broad SMARTS) is 1. The molecule has 1 atom stereocenters. The van der Waals surface area contributed by atoms with Crippen LogP contribution in [0.2, 0.25) is 0 Å².